The fourth-order valence-corrected chi connectivity index (χ4v) is 1.52. The molecule has 1 aromatic rings. The van der Waals surface area contributed by atoms with Gasteiger partial charge in [-0.3, -0.25) is 0 Å². The molecule has 0 unspecified atom stereocenters. The van der Waals surface area contributed by atoms with Gasteiger partial charge in [-0.1, -0.05) is 32.4 Å². The van der Waals surface area contributed by atoms with E-state index in [4.69, 9.17) is 16.3 Å². The molecule has 102 valence electrons. The summed E-state index contributed by atoms with van der Waals surface area (Å²) in [5.41, 5.74) is 0.823. The lowest BCUT2D eigenvalue weighted by atomic mass is 10.1. The zero-order chi connectivity index (χ0) is 13.8. The van der Waals surface area contributed by atoms with Crippen molar-refractivity contribution in [2.45, 2.75) is 59.2 Å². The Kier molecular flexibility index (Phi) is 5.42. The first kappa shape index (κ1) is 15.3. The van der Waals surface area contributed by atoms with E-state index in [1.54, 1.807) is 0 Å². The third-order valence-electron chi connectivity index (χ3n) is 2.80. The third kappa shape index (κ3) is 4.83. The lowest BCUT2D eigenvalue weighted by Crippen LogP contribution is -2.27. The van der Waals surface area contributed by atoms with E-state index in [0.29, 0.717) is 16.9 Å². The van der Waals surface area contributed by atoms with Gasteiger partial charge in [0, 0.05) is 18.8 Å². The van der Waals surface area contributed by atoms with Crippen molar-refractivity contribution in [3.8, 4) is 5.88 Å². The van der Waals surface area contributed by atoms with Gasteiger partial charge in [-0.25, -0.2) is 4.98 Å². The van der Waals surface area contributed by atoms with Crippen LogP contribution in [0.3, 0.4) is 0 Å². The smallest absolute Gasteiger partial charge is 0.233 e. The van der Waals surface area contributed by atoms with Gasteiger partial charge in [0.2, 0.25) is 5.88 Å². The Morgan fingerprint density at radius 1 is 1.44 bits per heavy atom. The van der Waals surface area contributed by atoms with Crippen LogP contribution in [0.4, 0.5) is 0 Å². The molecule has 0 radical (unpaired) electrons. The molecule has 1 rings (SSSR count). The van der Waals surface area contributed by atoms with E-state index >= 15 is 0 Å². The summed E-state index contributed by atoms with van der Waals surface area (Å²) in [5.74, 6) is 0.511. The van der Waals surface area contributed by atoms with Gasteiger partial charge in [-0.05, 0) is 31.9 Å². The minimum absolute atomic E-state index is 0.242. The van der Waals surface area contributed by atoms with E-state index < -0.39 is 0 Å². The van der Waals surface area contributed by atoms with Gasteiger partial charge in [0.15, 0.2) is 0 Å². The number of halogens is 1. The molecule has 3 nitrogen and oxygen atoms in total. The Bertz CT molecular complexity index is 391. The molecule has 18 heavy (non-hydrogen) atoms. The summed E-state index contributed by atoms with van der Waals surface area (Å²) in [6, 6.07) is 2.35. The van der Waals surface area contributed by atoms with Crippen molar-refractivity contribution in [2.24, 2.45) is 0 Å². The molecule has 1 aromatic heterocycles. The summed E-state index contributed by atoms with van der Waals surface area (Å²) in [6.45, 7) is 11.1. The van der Waals surface area contributed by atoms with Crippen LogP contribution in [0.25, 0.3) is 0 Å². The summed E-state index contributed by atoms with van der Waals surface area (Å²) in [7, 11) is 0. The fraction of sp³-hybridized carbons (Fsp3) is 0.643. The molecular formula is C14H23ClN2O. The average Bonchev–Trinajstić information content (AvgIpc) is 2.29. The molecule has 0 atom stereocenters. The standard InChI is InChI=1S/C14H23ClN2O/c1-6-14(4,5)18-13-12(15)7-11(9-17-13)8-16-10(2)3/h7,9-10,16H,6,8H2,1-5H3. The minimum atomic E-state index is -0.242. The zero-order valence-corrected chi connectivity index (χ0v) is 12.6. The number of ether oxygens (including phenoxy) is 1. The minimum Gasteiger partial charge on any atom is -0.471 e. The highest BCUT2D eigenvalue weighted by atomic mass is 35.5. The van der Waals surface area contributed by atoms with E-state index in [1.807, 2.05) is 26.1 Å². The Morgan fingerprint density at radius 3 is 2.61 bits per heavy atom. The maximum atomic E-state index is 6.19. The van der Waals surface area contributed by atoms with Crippen LogP contribution in [-0.4, -0.2) is 16.6 Å². The molecule has 0 fully saturated rings. The number of rotatable bonds is 6. The largest absolute Gasteiger partial charge is 0.471 e. The van der Waals surface area contributed by atoms with Crippen molar-refractivity contribution >= 4 is 11.6 Å². The number of hydrogen-bond acceptors (Lipinski definition) is 3. The lowest BCUT2D eigenvalue weighted by molar-refractivity contribution is 0.0991. The van der Waals surface area contributed by atoms with Crippen LogP contribution in [0.1, 0.15) is 46.6 Å². The number of pyridine rings is 1. The van der Waals surface area contributed by atoms with Crippen molar-refractivity contribution < 1.29 is 4.74 Å². The first-order valence-corrected chi connectivity index (χ1v) is 6.78. The second kappa shape index (κ2) is 6.39. The van der Waals surface area contributed by atoms with E-state index in [9.17, 15) is 0 Å². The van der Waals surface area contributed by atoms with E-state index in [0.717, 1.165) is 18.5 Å². The molecule has 0 saturated heterocycles. The van der Waals surface area contributed by atoms with Gasteiger partial charge in [0.05, 0.1) is 0 Å². The number of aromatic nitrogens is 1. The molecule has 0 amide bonds. The van der Waals surface area contributed by atoms with E-state index in [2.05, 4.69) is 31.1 Å². The van der Waals surface area contributed by atoms with Gasteiger partial charge in [0.1, 0.15) is 10.6 Å². The molecule has 0 bridgehead atoms. The summed E-state index contributed by atoms with van der Waals surface area (Å²) < 4.78 is 5.80. The second-order valence-corrected chi connectivity index (χ2v) is 5.79. The van der Waals surface area contributed by atoms with Crippen molar-refractivity contribution in [3.05, 3.63) is 22.8 Å². The van der Waals surface area contributed by atoms with Gasteiger partial charge in [-0.2, -0.15) is 0 Å². The quantitative estimate of drug-likeness (QED) is 0.854. The van der Waals surface area contributed by atoms with Crippen LogP contribution in [0.5, 0.6) is 5.88 Å². The van der Waals surface area contributed by atoms with Crippen LogP contribution < -0.4 is 10.1 Å². The molecule has 0 saturated carbocycles. The SMILES string of the molecule is CCC(C)(C)Oc1ncc(CNC(C)C)cc1Cl. The molecule has 0 aliphatic rings. The second-order valence-electron chi connectivity index (χ2n) is 5.38. The predicted octanol–water partition coefficient (Wildman–Crippen LogP) is 3.80. The topological polar surface area (TPSA) is 34.1 Å². The first-order chi connectivity index (χ1) is 8.34. The maximum absolute atomic E-state index is 6.19. The van der Waals surface area contributed by atoms with E-state index in [-0.39, 0.29) is 5.60 Å². The third-order valence-corrected chi connectivity index (χ3v) is 3.07. The van der Waals surface area contributed by atoms with Crippen molar-refractivity contribution in [1.29, 1.82) is 0 Å². The van der Waals surface area contributed by atoms with Crippen LogP contribution in [-0.2, 0) is 6.54 Å². The zero-order valence-electron chi connectivity index (χ0n) is 11.9. The van der Waals surface area contributed by atoms with Crippen LogP contribution in [0, 0.1) is 0 Å². The van der Waals surface area contributed by atoms with Crippen LogP contribution in [0.15, 0.2) is 12.3 Å². The highest BCUT2D eigenvalue weighted by Gasteiger charge is 2.19. The van der Waals surface area contributed by atoms with Gasteiger partial charge in [0.25, 0.3) is 0 Å². The van der Waals surface area contributed by atoms with Gasteiger partial charge in [-0.15, -0.1) is 0 Å². The molecule has 1 heterocycles. The Labute approximate surface area is 115 Å². The summed E-state index contributed by atoms with van der Waals surface area (Å²) in [5, 5.41) is 3.90. The predicted molar refractivity (Wildman–Crippen MR) is 76.2 cm³/mol. The number of hydrogen-bond donors (Lipinski definition) is 1. The molecule has 0 spiro atoms. The highest BCUT2D eigenvalue weighted by molar-refractivity contribution is 6.31. The molecule has 0 aromatic carbocycles. The highest BCUT2D eigenvalue weighted by Crippen LogP contribution is 2.27. The molecule has 4 heteroatoms. The number of nitrogens with one attached hydrogen (secondary N) is 1. The Balaban J connectivity index is 2.73. The number of nitrogens with zero attached hydrogens (tertiary/aromatic N) is 1. The summed E-state index contributed by atoms with van der Waals surface area (Å²) in [4.78, 5) is 4.30. The Morgan fingerprint density at radius 2 is 2.11 bits per heavy atom. The van der Waals surface area contributed by atoms with Gasteiger partial charge >= 0.3 is 0 Å². The van der Waals surface area contributed by atoms with E-state index in [1.165, 1.54) is 0 Å². The first-order valence-electron chi connectivity index (χ1n) is 6.41. The Hall–Kier alpha value is -0.800. The lowest BCUT2D eigenvalue weighted by Gasteiger charge is -2.24. The van der Waals surface area contributed by atoms with Crippen molar-refractivity contribution in [3.63, 3.8) is 0 Å². The summed E-state index contributed by atoms with van der Waals surface area (Å²) in [6.07, 6.45) is 2.71. The van der Waals surface area contributed by atoms with Gasteiger partial charge < -0.3 is 10.1 Å². The summed E-state index contributed by atoms with van der Waals surface area (Å²) >= 11 is 6.19. The normalized spacial score (nSPS) is 11.9. The molecule has 0 aliphatic carbocycles. The monoisotopic (exact) mass is 270 g/mol. The van der Waals surface area contributed by atoms with Crippen LogP contribution >= 0.6 is 11.6 Å². The van der Waals surface area contributed by atoms with Crippen molar-refractivity contribution in [1.82, 2.24) is 10.3 Å². The molecular weight excluding hydrogens is 248 g/mol. The average molecular weight is 271 g/mol. The maximum Gasteiger partial charge on any atom is 0.233 e. The fourth-order valence-electron chi connectivity index (χ4n) is 1.29. The molecule has 1 N–H and O–H groups in total. The van der Waals surface area contributed by atoms with Crippen LogP contribution in [0.2, 0.25) is 5.02 Å². The van der Waals surface area contributed by atoms with Crippen molar-refractivity contribution in [2.75, 3.05) is 0 Å². The molecule has 0 aliphatic heterocycles.